The number of rotatable bonds is 2. The summed E-state index contributed by atoms with van der Waals surface area (Å²) in [6.45, 7) is 0. The van der Waals surface area contributed by atoms with Crippen LogP contribution in [-0.4, -0.2) is 19.6 Å². The number of halogens is 1. The van der Waals surface area contributed by atoms with Gasteiger partial charge >= 0.3 is 69.9 Å². The van der Waals surface area contributed by atoms with Gasteiger partial charge in [0.1, 0.15) is 0 Å². The summed E-state index contributed by atoms with van der Waals surface area (Å²) in [5.41, 5.74) is 1.52. The van der Waals surface area contributed by atoms with Crippen molar-refractivity contribution in [3.63, 3.8) is 0 Å². The van der Waals surface area contributed by atoms with Crippen molar-refractivity contribution in [2.45, 2.75) is 14.4 Å². The normalized spacial score (nSPS) is 9.36. The van der Waals surface area contributed by atoms with Gasteiger partial charge in [0, 0.05) is 0 Å². The monoisotopic (exact) mass is 330 g/mol. The van der Waals surface area contributed by atoms with Crippen molar-refractivity contribution in [2.24, 2.45) is 0 Å². The Morgan fingerprint density at radius 2 is 1.64 bits per heavy atom. The summed E-state index contributed by atoms with van der Waals surface area (Å²) >= 11 is -0.658. The van der Waals surface area contributed by atoms with Crippen molar-refractivity contribution >= 4 is 19.6 Å². The van der Waals surface area contributed by atoms with Gasteiger partial charge in [0.15, 0.2) is 0 Å². The molecule has 0 amide bonds. The van der Waals surface area contributed by atoms with Gasteiger partial charge in [-0.25, -0.2) is 0 Å². The predicted molar refractivity (Wildman–Crippen MR) is 47.6 cm³/mol. The molecule has 1 aromatic carbocycles. The van der Waals surface area contributed by atoms with Crippen LogP contribution in [0.4, 0.5) is 0 Å². The SMILES string of the molecule is C[Te+](C)Cc1ccccc1.[Br-]. The van der Waals surface area contributed by atoms with Gasteiger partial charge < -0.3 is 17.0 Å². The summed E-state index contributed by atoms with van der Waals surface area (Å²) in [7, 11) is 0. The van der Waals surface area contributed by atoms with Gasteiger partial charge in [0.2, 0.25) is 0 Å². The zero-order chi connectivity index (χ0) is 7.40. The molecule has 0 aliphatic carbocycles. The van der Waals surface area contributed by atoms with Gasteiger partial charge in [0.05, 0.1) is 0 Å². The maximum atomic E-state index is 2.41. The molecule has 0 spiro atoms. The molecule has 0 aliphatic rings. The van der Waals surface area contributed by atoms with E-state index in [4.69, 9.17) is 0 Å². The van der Waals surface area contributed by atoms with E-state index in [1.807, 2.05) is 0 Å². The minimum absolute atomic E-state index is 0. The van der Waals surface area contributed by atoms with Crippen molar-refractivity contribution in [2.75, 3.05) is 0 Å². The molecule has 1 aromatic rings. The third kappa shape index (κ3) is 4.85. The van der Waals surface area contributed by atoms with E-state index in [2.05, 4.69) is 40.3 Å². The molecule has 0 fully saturated rings. The molecule has 0 radical (unpaired) electrons. The quantitative estimate of drug-likeness (QED) is 0.644. The third-order valence-corrected chi connectivity index (χ3v) is 3.90. The Bertz CT molecular complexity index is 184. The van der Waals surface area contributed by atoms with E-state index in [9.17, 15) is 0 Å². The van der Waals surface area contributed by atoms with Crippen LogP contribution in [0.1, 0.15) is 5.56 Å². The van der Waals surface area contributed by atoms with Crippen LogP contribution in [0.5, 0.6) is 0 Å². The number of hydrogen-bond acceptors (Lipinski definition) is 0. The van der Waals surface area contributed by atoms with E-state index in [0.717, 1.165) is 0 Å². The first-order valence-corrected chi connectivity index (χ1v) is 9.68. The van der Waals surface area contributed by atoms with Crippen molar-refractivity contribution < 1.29 is 17.0 Å². The Hall–Kier alpha value is 0.490. The first-order chi connectivity index (χ1) is 4.79. The fraction of sp³-hybridized carbons (Fsp3) is 0.333. The standard InChI is InChI=1S/C9H13Te.BrH/c1-10(2)8-9-6-4-3-5-7-9;/h3-7H,8H2,1-2H3;1H/q+1;/p-1. The number of benzene rings is 1. The Morgan fingerprint density at radius 3 is 2.09 bits per heavy atom. The Morgan fingerprint density at radius 1 is 1.09 bits per heavy atom. The van der Waals surface area contributed by atoms with Gasteiger partial charge in [-0.15, -0.1) is 0 Å². The average molecular weight is 329 g/mol. The average Bonchev–Trinajstić information content (AvgIpc) is 1.88. The van der Waals surface area contributed by atoms with Crippen molar-refractivity contribution in [3.8, 4) is 0 Å². The first-order valence-electron chi connectivity index (χ1n) is 3.37. The summed E-state index contributed by atoms with van der Waals surface area (Å²) in [6.07, 6.45) is 0. The summed E-state index contributed by atoms with van der Waals surface area (Å²) in [5.74, 6) is 0. The second-order valence-corrected chi connectivity index (χ2v) is 9.07. The Kier molecular flexibility index (Phi) is 6.33. The van der Waals surface area contributed by atoms with Crippen molar-refractivity contribution in [1.82, 2.24) is 0 Å². The topological polar surface area (TPSA) is 0 Å². The molecule has 0 N–H and O–H groups in total. The maximum absolute atomic E-state index is 2.41. The molecule has 0 bridgehead atoms. The van der Waals surface area contributed by atoms with Gasteiger partial charge in [0.25, 0.3) is 0 Å². The summed E-state index contributed by atoms with van der Waals surface area (Å²) in [6, 6.07) is 10.8. The summed E-state index contributed by atoms with van der Waals surface area (Å²) in [5, 5.41) is 0. The molecule has 0 nitrogen and oxygen atoms in total. The van der Waals surface area contributed by atoms with E-state index in [1.165, 1.54) is 10.0 Å². The third-order valence-electron chi connectivity index (χ3n) is 1.30. The smallest absolute Gasteiger partial charge is 1.00 e. The molecule has 0 saturated carbocycles. The van der Waals surface area contributed by atoms with E-state index in [1.54, 1.807) is 0 Å². The first kappa shape index (κ1) is 11.5. The summed E-state index contributed by atoms with van der Waals surface area (Å²) in [4.78, 5) is 4.83. The van der Waals surface area contributed by atoms with Crippen LogP contribution in [0.25, 0.3) is 0 Å². The van der Waals surface area contributed by atoms with E-state index >= 15 is 0 Å². The fourth-order valence-corrected chi connectivity index (χ4v) is 3.36. The van der Waals surface area contributed by atoms with E-state index < -0.39 is 19.6 Å². The molecule has 0 aromatic heterocycles. The molecule has 0 atom stereocenters. The second-order valence-electron chi connectivity index (χ2n) is 2.62. The second kappa shape index (κ2) is 6.06. The van der Waals surface area contributed by atoms with Crippen LogP contribution >= 0.6 is 0 Å². The van der Waals surface area contributed by atoms with Crippen LogP contribution in [0, 0.1) is 0 Å². The molecular formula is C9H13BrTe. The minimum Gasteiger partial charge on any atom is -1.00 e. The van der Waals surface area contributed by atoms with Crippen molar-refractivity contribution in [3.05, 3.63) is 35.9 Å². The van der Waals surface area contributed by atoms with Crippen LogP contribution in [0.15, 0.2) is 30.3 Å². The molecule has 0 heterocycles. The fourth-order valence-electron chi connectivity index (χ4n) is 0.908. The molecular weight excluding hydrogens is 316 g/mol. The number of hydrogen-bond donors (Lipinski definition) is 0. The van der Waals surface area contributed by atoms with Gasteiger partial charge in [-0.3, -0.25) is 0 Å². The van der Waals surface area contributed by atoms with E-state index in [-0.39, 0.29) is 17.0 Å². The van der Waals surface area contributed by atoms with E-state index in [0.29, 0.717) is 0 Å². The van der Waals surface area contributed by atoms with Crippen LogP contribution in [0.2, 0.25) is 9.94 Å². The minimum atomic E-state index is -0.658. The zero-order valence-electron chi connectivity index (χ0n) is 6.88. The van der Waals surface area contributed by atoms with Gasteiger partial charge in [-0.2, -0.15) is 0 Å². The molecule has 0 unspecified atom stereocenters. The van der Waals surface area contributed by atoms with Crippen LogP contribution in [0.3, 0.4) is 0 Å². The van der Waals surface area contributed by atoms with Crippen LogP contribution < -0.4 is 17.0 Å². The Labute approximate surface area is 86.4 Å². The molecule has 1 rings (SSSR count). The molecule has 11 heavy (non-hydrogen) atoms. The van der Waals surface area contributed by atoms with Gasteiger partial charge in [-0.1, -0.05) is 0 Å². The van der Waals surface area contributed by atoms with Gasteiger partial charge in [-0.05, 0) is 0 Å². The van der Waals surface area contributed by atoms with Crippen molar-refractivity contribution in [1.29, 1.82) is 0 Å². The zero-order valence-corrected chi connectivity index (χ0v) is 10.8. The summed E-state index contributed by atoms with van der Waals surface area (Å²) < 4.78 is 1.37. The Balaban J connectivity index is 0.000001000. The predicted octanol–water partition coefficient (Wildman–Crippen LogP) is -0.473. The van der Waals surface area contributed by atoms with Crippen LogP contribution in [-0.2, 0) is 4.47 Å². The molecule has 62 valence electrons. The largest absolute Gasteiger partial charge is 1.00 e. The maximum Gasteiger partial charge on any atom is -1.00 e. The molecule has 0 saturated heterocycles. The molecule has 0 aliphatic heterocycles. The molecule has 2 heteroatoms.